The second-order valence-electron chi connectivity index (χ2n) is 9.76. The highest BCUT2D eigenvalue weighted by molar-refractivity contribution is 14.1. The minimum atomic E-state index is -0.689. The summed E-state index contributed by atoms with van der Waals surface area (Å²) in [5.74, 6) is -1.83. The van der Waals surface area contributed by atoms with Crippen LogP contribution in [0.2, 0.25) is 5.02 Å². The van der Waals surface area contributed by atoms with Crippen molar-refractivity contribution in [2.24, 2.45) is 0 Å². The third-order valence-corrected chi connectivity index (χ3v) is 8.58. The SMILES string of the molecule is O=C(Nc1cnn2ccc(N3CCC[C@@H]3c3cc(F)ccc3F)nc12)c1cc(Cl)c(N2CCN(I)CC2)cc1F. The van der Waals surface area contributed by atoms with Gasteiger partial charge >= 0.3 is 0 Å². The van der Waals surface area contributed by atoms with Crippen LogP contribution in [0.25, 0.3) is 5.65 Å². The summed E-state index contributed by atoms with van der Waals surface area (Å²) in [5.41, 5.74) is 1.23. The van der Waals surface area contributed by atoms with Crippen LogP contribution < -0.4 is 15.1 Å². The monoisotopic (exact) mass is 681 g/mol. The zero-order valence-corrected chi connectivity index (χ0v) is 24.0. The molecule has 2 fully saturated rings. The van der Waals surface area contributed by atoms with E-state index in [1.807, 2.05) is 9.80 Å². The Morgan fingerprint density at radius 3 is 2.62 bits per heavy atom. The van der Waals surface area contributed by atoms with E-state index in [0.29, 0.717) is 48.2 Å². The Hall–Kier alpha value is -3.10. The first kappa shape index (κ1) is 27.1. The van der Waals surface area contributed by atoms with Crippen molar-refractivity contribution in [2.75, 3.05) is 47.8 Å². The zero-order valence-electron chi connectivity index (χ0n) is 21.1. The summed E-state index contributed by atoms with van der Waals surface area (Å²) in [6, 6.07) is 7.43. The van der Waals surface area contributed by atoms with Gasteiger partial charge in [-0.2, -0.15) is 5.10 Å². The predicted molar refractivity (Wildman–Crippen MR) is 156 cm³/mol. The van der Waals surface area contributed by atoms with Crippen molar-refractivity contribution in [1.82, 2.24) is 17.7 Å². The van der Waals surface area contributed by atoms with Crippen LogP contribution in [0.3, 0.4) is 0 Å². The van der Waals surface area contributed by atoms with Crippen LogP contribution in [0.5, 0.6) is 0 Å². The van der Waals surface area contributed by atoms with Crippen molar-refractivity contribution in [3.8, 4) is 0 Å². The lowest BCUT2D eigenvalue weighted by Gasteiger charge is -2.33. The lowest BCUT2D eigenvalue weighted by Crippen LogP contribution is -2.42. The molecule has 4 heterocycles. The van der Waals surface area contributed by atoms with Gasteiger partial charge in [0, 0.05) is 67.3 Å². The van der Waals surface area contributed by atoms with Crippen LogP contribution in [-0.2, 0) is 0 Å². The highest BCUT2D eigenvalue weighted by atomic mass is 127. The number of hydrogen-bond donors (Lipinski definition) is 1. The number of hydrogen-bond acceptors (Lipinski definition) is 6. The summed E-state index contributed by atoms with van der Waals surface area (Å²) < 4.78 is 47.2. The highest BCUT2D eigenvalue weighted by Gasteiger charge is 2.30. The zero-order chi connectivity index (χ0) is 28.0. The van der Waals surface area contributed by atoms with Gasteiger partial charge in [-0.05, 0) is 49.2 Å². The number of amides is 1. The Balaban J connectivity index is 1.25. The van der Waals surface area contributed by atoms with Crippen LogP contribution in [0.4, 0.5) is 30.4 Å². The van der Waals surface area contributed by atoms with Crippen molar-refractivity contribution in [1.29, 1.82) is 0 Å². The van der Waals surface area contributed by atoms with Gasteiger partial charge in [0.25, 0.3) is 5.91 Å². The van der Waals surface area contributed by atoms with E-state index in [0.717, 1.165) is 31.6 Å². The van der Waals surface area contributed by atoms with Gasteiger partial charge in [-0.25, -0.2) is 25.8 Å². The fourth-order valence-electron chi connectivity index (χ4n) is 5.31. The number of aromatic nitrogens is 3. The molecule has 0 unspecified atom stereocenters. The summed E-state index contributed by atoms with van der Waals surface area (Å²) in [7, 11) is 0. The largest absolute Gasteiger partial charge is 0.368 e. The lowest BCUT2D eigenvalue weighted by atomic mass is 10.0. The third-order valence-electron chi connectivity index (χ3n) is 7.31. The Kier molecular flexibility index (Phi) is 7.48. The topological polar surface area (TPSA) is 69.0 Å². The summed E-state index contributed by atoms with van der Waals surface area (Å²) in [4.78, 5) is 21.7. The molecular formula is C27H24ClF3IN7O. The number of rotatable bonds is 5. The van der Waals surface area contributed by atoms with Gasteiger partial charge in [-0.15, -0.1) is 0 Å². The molecule has 208 valence electrons. The highest BCUT2D eigenvalue weighted by Crippen LogP contribution is 2.37. The first-order valence-electron chi connectivity index (χ1n) is 12.8. The molecule has 0 aliphatic carbocycles. The quantitative estimate of drug-likeness (QED) is 0.210. The van der Waals surface area contributed by atoms with E-state index in [-0.39, 0.29) is 22.9 Å². The van der Waals surface area contributed by atoms with Crippen LogP contribution in [0.15, 0.2) is 48.8 Å². The van der Waals surface area contributed by atoms with Gasteiger partial charge in [0.05, 0.1) is 28.5 Å². The van der Waals surface area contributed by atoms with Gasteiger partial charge in [0.1, 0.15) is 29.0 Å². The van der Waals surface area contributed by atoms with Crippen molar-refractivity contribution in [2.45, 2.75) is 18.9 Å². The van der Waals surface area contributed by atoms with E-state index in [9.17, 15) is 13.6 Å². The molecule has 2 aliphatic heterocycles. The molecule has 0 saturated carbocycles. The van der Waals surface area contributed by atoms with E-state index in [2.05, 4.69) is 41.4 Å². The number of fused-ring (bicyclic) bond motifs is 1. The van der Waals surface area contributed by atoms with Crippen LogP contribution in [-0.4, -0.2) is 56.3 Å². The van der Waals surface area contributed by atoms with Crippen molar-refractivity contribution >= 4 is 63.2 Å². The fraction of sp³-hybridized carbons (Fsp3) is 0.296. The van der Waals surface area contributed by atoms with Crippen LogP contribution >= 0.6 is 34.5 Å². The molecule has 2 aliphatic rings. The lowest BCUT2D eigenvalue weighted by molar-refractivity contribution is 0.102. The predicted octanol–water partition coefficient (Wildman–Crippen LogP) is 5.87. The Labute approximate surface area is 247 Å². The molecule has 0 spiro atoms. The van der Waals surface area contributed by atoms with Gasteiger partial charge < -0.3 is 15.1 Å². The van der Waals surface area contributed by atoms with Gasteiger partial charge in [0.2, 0.25) is 0 Å². The number of carbonyl (C=O) groups is 1. The van der Waals surface area contributed by atoms with E-state index < -0.39 is 23.4 Å². The Bertz CT molecular complexity index is 1590. The van der Waals surface area contributed by atoms with E-state index >= 15 is 4.39 Å². The average Bonchev–Trinajstić information content (AvgIpc) is 3.59. The fourth-order valence-corrected chi connectivity index (χ4v) is 6.02. The smallest absolute Gasteiger partial charge is 0.258 e. The molecule has 8 nitrogen and oxygen atoms in total. The second kappa shape index (κ2) is 11.1. The van der Waals surface area contributed by atoms with Crippen molar-refractivity contribution < 1.29 is 18.0 Å². The average molecular weight is 682 g/mol. The second-order valence-corrected chi connectivity index (χ2v) is 11.5. The van der Waals surface area contributed by atoms with Crippen molar-refractivity contribution in [3.63, 3.8) is 0 Å². The number of halogens is 5. The van der Waals surface area contributed by atoms with Crippen molar-refractivity contribution in [3.05, 3.63) is 82.4 Å². The molecule has 13 heteroatoms. The van der Waals surface area contributed by atoms with E-state index in [4.69, 9.17) is 11.6 Å². The van der Waals surface area contributed by atoms with Gasteiger partial charge in [0.15, 0.2) is 5.65 Å². The molecular weight excluding hydrogens is 658 g/mol. The molecule has 0 bridgehead atoms. The maximum absolute atomic E-state index is 15.1. The summed E-state index contributed by atoms with van der Waals surface area (Å²) in [6.07, 6.45) is 4.52. The summed E-state index contributed by atoms with van der Waals surface area (Å²) >= 11 is 8.74. The molecule has 1 N–H and O–H groups in total. The van der Waals surface area contributed by atoms with E-state index in [1.165, 1.54) is 28.9 Å². The maximum atomic E-state index is 15.1. The molecule has 4 aromatic rings. The third kappa shape index (κ3) is 5.19. The van der Waals surface area contributed by atoms with Crippen LogP contribution in [0.1, 0.15) is 34.8 Å². The number of piperazine rings is 1. The number of nitrogens with one attached hydrogen (secondary N) is 1. The molecule has 1 amide bonds. The summed E-state index contributed by atoms with van der Waals surface area (Å²) in [6.45, 7) is 3.64. The molecule has 40 heavy (non-hydrogen) atoms. The number of carbonyl (C=O) groups excluding carboxylic acids is 1. The maximum Gasteiger partial charge on any atom is 0.258 e. The molecule has 6 rings (SSSR count). The molecule has 0 radical (unpaired) electrons. The minimum Gasteiger partial charge on any atom is -0.368 e. The standard InChI is InChI=1S/C27H24ClF3IN7O/c28-19-13-18(21(31)14-24(19)36-8-10-37(32)11-9-36)27(40)34-22-15-33-39-7-5-25(35-26(22)39)38-6-1-2-23(38)17-12-16(29)3-4-20(17)30/h3-5,7,12-15,23H,1-2,6,8-11H2,(H,34,40)/t23-/m1/s1. The number of benzene rings is 2. The molecule has 1 atom stereocenters. The number of nitrogens with zero attached hydrogens (tertiary/aromatic N) is 6. The normalized spacial score (nSPS) is 18.1. The first-order chi connectivity index (χ1) is 19.3. The molecule has 2 aromatic carbocycles. The number of anilines is 3. The van der Waals surface area contributed by atoms with Gasteiger partial charge in [-0.1, -0.05) is 11.6 Å². The first-order valence-corrected chi connectivity index (χ1v) is 14.1. The minimum absolute atomic E-state index is 0.196. The van der Waals surface area contributed by atoms with Gasteiger partial charge in [-0.3, -0.25) is 4.79 Å². The molecule has 2 aromatic heterocycles. The Morgan fingerprint density at radius 1 is 1.02 bits per heavy atom. The summed E-state index contributed by atoms with van der Waals surface area (Å²) in [5, 5.41) is 7.23. The van der Waals surface area contributed by atoms with Crippen LogP contribution in [0, 0.1) is 17.5 Å². The molecule has 2 saturated heterocycles. The van der Waals surface area contributed by atoms with E-state index in [1.54, 1.807) is 12.3 Å². The Morgan fingerprint density at radius 2 is 1.82 bits per heavy atom.